The predicted octanol–water partition coefficient (Wildman–Crippen LogP) is 4.33. The zero-order valence-electron chi connectivity index (χ0n) is 13.9. The van der Waals surface area contributed by atoms with E-state index in [1.807, 2.05) is 30.3 Å². The van der Waals surface area contributed by atoms with Crippen molar-refractivity contribution in [1.29, 1.82) is 0 Å². The summed E-state index contributed by atoms with van der Waals surface area (Å²) in [5.41, 5.74) is 1.63. The molecule has 1 aliphatic heterocycles. The third kappa shape index (κ3) is 3.86. The van der Waals surface area contributed by atoms with Gasteiger partial charge in [-0.3, -0.25) is 14.5 Å². The Labute approximate surface area is 160 Å². The lowest BCUT2D eigenvalue weighted by Crippen LogP contribution is -2.30. The quantitative estimate of drug-likeness (QED) is 0.771. The van der Waals surface area contributed by atoms with Crippen molar-refractivity contribution in [3.8, 4) is 11.5 Å². The minimum Gasteiger partial charge on any atom is -0.503 e. The third-order valence-corrected chi connectivity index (χ3v) is 5.10. The van der Waals surface area contributed by atoms with Gasteiger partial charge in [0, 0.05) is 6.54 Å². The van der Waals surface area contributed by atoms with Gasteiger partial charge in [0.1, 0.15) is 0 Å². The van der Waals surface area contributed by atoms with E-state index in [2.05, 4.69) is 0 Å². The van der Waals surface area contributed by atoms with Crippen LogP contribution in [0.5, 0.6) is 11.5 Å². The molecular weight excluding hydrogens is 374 g/mol. The van der Waals surface area contributed by atoms with Gasteiger partial charge in [0.2, 0.25) is 0 Å². The molecule has 0 aliphatic carbocycles. The van der Waals surface area contributed by atoms with Gasteiger partial charge in [0.25, 0.3) is 11.1 Å². The van der Waals surface area contributed by atoms with Crippen molar-refractivity contribution in [2.75, 3.05) is 13.7 Å². The summed E-state index contributed by atoms with van der Waals surface area (Å²) in [6.45, 7) is 0.325. The first-order valence-electron chi connectivity index (χ1n) is 7.85. The molecule has 3 rings (SSSR count). The van der Waals surface area contributed by atoms with Crippen molar-refractivity contribution in [3.05, 3.63) is 63.5 Å². The molecule has 2 amide bonds. The number of carbonyl (C=O) groups excluding carboxylic acids is 2. The number of methoxy groups -OCH3 is 1. The number of halogens is 1. The lowest BCUT2D eigenvalue weighted by atomic mass is 10.1. The Morgan fingerprint density at radius 1 is 1.23 bits per heavy atom. The monoisotopic (exact) mass is 389 g/mol. The molecule has 26 heavy (non-hydrogen) atoms. The zero-order valence-corrected chi connectivity index (χ0v) is 15.5. The number of phenolic OH excluding ortho intramolecular Hbond substituents is 1. The molecule has 2 aromatic rings. The van der Waals surface area contributed by atoms with Gasteiger partial charge in [-0.1, -0.05) is 41.9 Å². The zero-order chi connectivity index (χ0) is 18.7. The van der Waals surface area contributed by atoms with Crippen molar-refractivity contribution < 1.29 is 19.4 Å². The molecule has 2 aromatic carbocycles. The largest absolute Gasteiger partial charge is 0.503 e. The number of rotatable bonds is 5. The van der Waals surface area contributed by atoms with Crippen LogP contribution < -0.4 is 4.74 Å². The molecule has 1 saturated heterocycles. The number of thioether (sulfide) groups is 1. The summed E-state index contributed by atoms with van der Waals surface area (Å²) in [5, 5.41) is 9.60. The lowest BCUT2D eigenvalue weighted by molar-refractivity contribution is -0.122. The number of carbonyl (C=O) groups is 2. The average Bonchev–Trinajstić information content (AvgIpc) is 2.90. The molecule has 0 aromatic heterocycles. The van der Waals surface area contributed by atoms with Gasteiger partial charge < -0.3 is 9.84 Å². The second-order valence-corrected chi connectivity index (χ2v) is 7.02. The maximum absolute atomic E-state index is 12.6. The van der Waals surface area contributed by atoms with Gasteiger partial charge in [0.05, 0.1) is 17.0 Å². The predicted molar refractivity (Wildman–Crippen MR) is 102 cm³/mol. The summed E-state index contributed by atoms with van der Waals surface area (Å²) in [6.07, 6.45) is 2.17. The summed E-state index contributed by atoms with van der Waals surface area (Å²) in [7, 11) is 1.41. The first kappa shape index (κ1) is 18.4. The van der Waals surface area contributed by atoms with Gasteiger partial charge in [-0.25, -0.2) is 0 Å². The normalized spacial score (nSPS) is 15.8. The molecule has 0 spiro atoms. The van der Waals surface area contributed by atoms with Crippen molar-refractivity contribution >= 4 is 40.6 Å². The second-order valence-electron chi connectivity index (χ2n) is 5.62. The smallest absolute Gasteiger partial charge is 0.293 e. The maximum atomic E-state index is 12.6. The van der Waals surface area contributed by atoms with E-state index in [-0.39, 0.29) is 27.7 Å². The van der Waals surface area contributed by atoms with Crippen LogP contribution in [0.4, 0.5) is 4.79 Å². The molecule has 0 bridgehead atoms. The van der Waals surface area contributed by atoms with Crippen molar-refractivity contribution in [1.82, 2.24) is 4.90 Å². The SMILES string of the molecule is COc1cc(/C=C2\SC(=O)N(CCc3ccccc3)C2=O)cc(Cl)c1O. The van der Waals surface area contributed by atoms with Crippen LogP contribution in [0.25, 0.3) is 6.08 Å². The molecule has 1 heterocycles. The van der Waals surface area contributed by atoms with Gasteiger partial charge >= 0.3 is 0 Å². The van der Waals surface area contributed by atoms with Gasteiger partial charge in [0.15, 0.2) is 11.5 Å². The van der Waals surface area contributed by atoms with Crippen LogP contribution in [-0.2, 0) is 11.2 Å². The molecule has 0 saturated carbocycles. The van der Waals surface area contributed by atoms with E-state index in [4.69, 9.17) is 16.3 Å². The summed E-state index contributed by atoms with van der Waals surface area (Å²) in [6, 6.07) is 12.7. The van der Waals surface area contributed by atoms with Crippen LogP contribution in [-0.4, -0.2) is 34.8 Å². The number of amides is 2. The van der Waals surface area contributed by atoms with E-state index in [1.165, 1.54) is 18.1 Å². The molecule has 0 radical (unpaired) electrons. The highest BCUT2D eigenvalue weighted by Gasteiger charge is 2.34. The molecule has 0 atom stereocenters. The summed E-state index contributed by atoms with van der Waals surface area (Å²) in [4.78, 5) is 26.3. The second kappa shape index (κ2) is 7.85. The molecule has 1 fully saturated rings. The van der Waals surface area contributed by atoms with Crippen LogP contribution in [0.1, 0.15) is 11.1 Å². The number of phenols is 1. The van der Waals surface area contributed by atoms with Crippen LogP contribution in [0.15, 0.2) is 47.4 Å². The Kier molecular flexibility index (Phi) is 5.54. The number of nitrogens with zero attached hydrogens (tertiary/aromatic N) is 1. The topological polar surface area (TPSA) is 66.8 Å². The Hall–Kier alpha value is -2.44. The van der Waals surface area contributed by atoms with Gasteiger partial charge in [-0.15, -0.1) is 0 Å². The van der Waals surface area contributed by atoms with Crippen LogP contribution in [0.2, 0.25) is 5.02 Å². The lowest BCUT2D eigenvalue weighted by Gasteiger charge is -2.12. The summed E-state index contributed by atoms with van der Waals surface area (Å²) < 4.78 is 5.05. The number of benzene rings is 2. The van der Waals surface area contributed by atoms with Gasteiger partial charge in [-0.2, -0.15) is 0 Å². The van der Waals surface area contributed by atoms with Crippen LogP contribution in [0, 0.1) is 0 Å². The Morgan fingerprint density at radius 3 is 2.65 bits per heavy atom. The highest BCUT2D eigenvalue weighted by molar-refractivity contribution is 8.18. The number of aromatic hydroxyl groups is 1. The number of imide groups is 1. The molecule has 7 heteroatoms. The standard InChI is InChI=1S/C19H16ClNO4S/c1-25-15-10-13(9-14(20)17(15)22)11-16-18(23)21(19(24)26-16)8-7-12-5-3-2-4-6-12/h2-6,9-11,22H,7-8H2,1H3/b16-11-. The molecular formula is C19H16ClNO4S. The fraction of sp³-hybridized carbons (Fsp3) is 0.158. The summed E-state index contributed by atoms with van der Waals surface area (Å²) in [5.74, 6) is -0.298. The Bertz CT molecular complexity index is 883. The number of hydrogen-bond donors (Lipinski definition) is 1. The highest BCUT2D eigenvalue weighted by atomic mass is 35.5. The minimum atomic E-state index is -0.334. The maximum Gasteiger partial charge on any atom is 0.293 e. The molecule has 0 unspecified atom stereocenters. The molecule has 5 nitrogen and oxygen atoms in total. The van der Waals surface area contributed by atoms with Crippen LogP contribution >= 0.6 is 23.4 Å². The third-order valence-electron chi connectivity index (χ3n) is 3.91. The van der Waals surface area contributed by atoms with Crippen molar-refractivity contribution in [2.45, 2.75) is 6.42 Å². The van der Waals surface area contributed by atoms with Crippen molar-refractivity contribution in [2.24, 2.45) is 0 Å². The van der Waals surface area contributed by atoms with E-state index in [1.54, 1.807) is 12.1 Å². The first-order chi connectivity index (χ1) is 12.5. The molecule has 1 aliphatic rings. The highest BCUT2D eigenvalue weighted by Crippen LogP contribution is 2.37. The minimum absolute atomic E-state index is 0.110. The Morgan fingerprint density at radius 2 is 1.96 bits per heavy atom. The number of hydrogen-bond acceptors (Lipinski definition) is 5. The summed E-state index contributed by atoms with van der Waals surface area (Å²) >= 11 is 6.85. The van der Waals surface area contributed by atoms with E-state index in [0.29, 0.717) is 23.4 Å². The van der Waals surface area contributed by atoms with E-state index < -0.39 is 0 Å². The first-order valence-corrected chi connectivity index (χ1v) is 9.05. The van der Waals surface area contributed by atoms with Crippen molar-refractivity contribution in [3.63, 3.8) is 0 Å². The van der Waals surface area contributed by atoms with E-state index in [0.717, 1.165) is 17.3 Å². The molecule has 134 valence electrons. The van der Waals surface area contributed by atoms with E-state index >= 15 is 0 Å². The Balaban J connectivity index is 1.78. The fourth-order valence-corrected chi connectivity index (χ4v) is 3.65. The molecule has 1 N–H and O–H groups in total. The average molecular weight is 390 g/mol. The fourth-order valence-electron chi connectivity index (χ4n) is 2.56. The number of ether oxygens (including phenoxy) is 1. The van der Waals surface area contributed by atoms with Crippen LogP contribution in [0.3, 0.4) is 0 Å². The van der Waals surface area contributed by atoms with E-state index in [9.17, 15) is 14.7 Å². The van der Waals surface area contributed by atoms with Gasteiger partial charge in [-0.05, 0) is 47.5 Å².